The second-order valence-corrected chi connectivity index (χ2v) is 5.17. The highest BCUT2D eigenvalue weighted by Crippen LogP contribution is 2.25. The Bertz CT molecular complexity index is 408. The zero-order valence-corrected chi connectivity index (χ0v) is 11.3. The predicted molar refractivity (Wildman–Crippen MR) is 74.3 cm³/mol. The Labute approximate surface area is 114 Å². The summed E-state index contributed by atoms with van der Waals surface area (Å²) in [5.41, 5.74) is 0.960. The second-order valence-electron chi connectivity index (χ2n) is 5.17. The summed E-state index contributed by atoms with van der Waals surface area (Å²) in [5.74, 6) is 1.14. The van der Waals surface area contributed by atoms with Crippen LogP contribution in [0.3, 0.4) is 0 Å². The molecule has 3 nitrogen and oxygen atoms in total. The molecule has 1 aromatic carbocycles. The smallest absolute Gasteiger partial charge is 0.173 e. The third-order valence-electron chi connectivity index (χ3n) is 3.78. The molecule has 2 rings (SSSR count). The Kier molecular flexibility index (Phi) is 5.40. The highest BCUT2D eigenvalue weighted by molar-refractivity contribution is 5.82. The molecule has 0 unspecified atom stereocenters. The molecule has 0 aromatic heterocycles. The number of Topliss-reactive ketones (excluding diaryl/α,β-unsaturated/α-hetero) is 1. The van der Waals surface area contributed by atoms with Crippen molar-refractivity contribution in [2.75, 3.05) is 13.2 Å². The van der Waals surface area contributed by atoms with Gasteiger partial charge in [0.25, 0.3) is 0 Å². The number of hydrogen-bond acceptors (Lipinski definition) is 3. The first-order chi connectivity index (χ1) is 9.31. The number of ketones is 1. The third kappa shape index (κ3) is 4.06. The maximum atomic E-state index is 12.1. The lowest BCUT2D eigenvalue weighted by Crippen LogP contribution is -2.23. The largest absolute Gasteiger partial charge is 0.486 e. The number of carbonyl (C=O) groups excluding carboxylic acids is 1. The molecule has 0 aliphatic heterocycles. The van der Waals surface area contributed by atoms with Crippen molar-refractivity contribution >= 4 is 5.78 Å². The van der Waals surface area contributed by atoms with Crippen LogP contribution < -0.4 is 4.74 Å². The van der Waals surface area contributed by atoms with Crippen LogP contribution in [0.25, 0.3) is 0 Å². The monoisotopic (exact) mass is 262 g/mol. The average Bonchev–Trinajstić information content (AvgIpc) is 2.47. The van der Waals surface area contributed by atoms with Crippen LogP contribution in [0.4, 0.5) is 0 Å². The van der Waals surface area contributed by atoms with Gasteiger partial charge in [-0.2, -0.15) is 0 Å². The molecule has 1 N–H and O–H groups in total. The molecule has 104 valence electrons. The quantitative estimate of drug-likeness (QED) is 0.857. The van der Waals surface area contributed by atoms with Crippen molar-refractivity contribution in [3.8, 4) is 5.75 Å². The van der Waals surface area contributed by atoms with E-state index in [1.165, 1.54) is 6.42 Å². The fraction of sp³-hybridized carbons (Fsp3) is 0.562. The highest BCUT2D eigenvalue weighted by Gasteiger charge is 2.21. The Morgan fingerprint density at radius 2 is 1.95 bits per heavy atom. The lowest BCUT2D eigenvalue weighted by atomic mass is 9.86. The van der Waals surface area contributed by atoms with Crippen molar-refractivity contribution in [1.82, 2.24) is 0 Å². The molecule has 0 saturated heterocycles. The molecule has 19 heavy (non-hydrogen) atoms. The molecule has 1 aliphatic rings. The van der Waals surface area contributed by atoms with Crippen LogP contribution in [0.15, 0.2) is 24.3 Å². The van der Waals surface area contributed by atoms with Crippen LogP contribution in [0.1, 0.15) is 37.7 Å². The van der Waals surface area contributed by atoms with Crippen molar-refractivity contribution in [3.05, 3.63) is 29.8 Å². The molecule has 1 aromatic rings. The van der Waals surface area contributed by atoms with Gasteiger partial charge < -0.3 is 9.84 Å². The Morgan fingerprint density at radius 3 is 2.68 bits per heavy atom. The lowest BCUT2D eigenvalue weighted by molar-refractivity contribution is -0.125. The Morgan fingerprint density at radius 1 is 1.21 bits per heavy atom. The number of carbonyl (C=O) groups is 1. The van der Waals surface area contributed by atoms with Gasteiger partial charge in [-0.25, -0.2) is 0 Å². The van der Waals surface area contributed by atoms with Gasteiger partial charge in [-0.3, -0.25) is 4.79 Å². The summed E-state index contributed by atoms with van der Waals surface area (Å²) in [6.45, 7) is 0.254. The van der Waals surface area contributed by atoms with Gasteiger partial charge in [-0.1, -0.05) is 37.5 Å². The first-order valence-corrected chi connectivity index (χ1v) is 7.15. The number of para-hydroxylation sites is 1. The number of aliphatic hydroxyl groups is 1. The Balaban J connectivity index is 1.89. The van der Waals surface area contributed by atoms with Crippen molar-refractivity contribution in [3.63, 3.8) is 0 Å². The summed E-state index contributed by atoms with van der Waals surface area (Å²) in [5, 5.41) is 9.00. The van der Waals surface area contributed by atoms with Crippen LogP contribution in [0, 0.1) is 5.92 Å². The first kappa shape index (κ1) is 14.1. The van der Waals surface area contributed by atoms with Crippen LogP contribution >= 0.6 is 0 Å². The summed E-state index contributed by atoms with van der Waals surface area (Å²) in [6, 6.07) is 7.60. The van der Waals surface area contributed by atoms with E-state index in [0.29, 0.717) is 6.42 Å². The maximum absolute atomic E-state index is 12.1. The first-order valence-electron chi connectivity index (χ1n) is 7.15. The number of aliphatic hydroxyl groups excluding tert-OH is 1. The van der Waals surface area contributed by atoms with E-state index in [1.807, 2.05) is 24.3 Å². The molecule has 0 amide bonds. The van der Waals surface area contributed by atoms with Crippen molar-refractivity contribution in [2.45, 2.75) is 38.5 Å². The molecule has 0 atom stereocenters. The fourth-order valence-electron chi connectivity index (χ4n) is 2.66. The number of benzene rings is 1. The van der Waals surface area contributed by atoms with Gasteiger partial charge in [-0.05, 0) is 30.9 Å². The molecule has 1 saturated carbocycles. The minimum atomic E-state index is 0.0942. The van der Waals surface area contributed by atoms with Crippen LogP contribution in [0.5, 0.6) is 5.75 Å². The van der Waals surface area contributed by atoms with Gasteiger partial charge in [-0.15, -0.1) is 0 Å². The van der Waals surface area contributed by atoms with Crippen molar-refractivity contribution < 1.29 is 14.6 Å². The van der Waals surface area contributed by atoms with E-state index in [2.05, 4.69) is 0 Å². The molecule has 3 heteroatoms. The summed E-state index contributed by atoms with van der Waals surface area (Å²) >= 11 is 0. The third-order valence-corrected chi connectivity index (χ3v) is 3.78. The minimum Gasteiger partial charge on any atom is -0.486 e. The molecule has 0 spiro atoms. The van der Waals surface area contributed by atoms with Crippen molar-refractivity contribution in [2.24, 2.45) is 5.92 Å². The average molecular weight is 262 g/mol. The van der Waals surface area contributed by atoms with Crippen LogP contribution in [-0.2, 0) is 11.2 Å². The summed E-state index contributed by atoms with van der Waals surface area (Å²) in [7, 11) is 0. The van der Waals surface area contributed by atoms with E-state index < -0.39 is 0 Å². The van der Waals surface area contributed by atoms with Crippen LogP contribution in [0.2, 0.25) is 0 Å². The van der Waals surface area contributed by atoms with Gasteiger partial charge in [0.2, 0.25) is 0 Å². The summed E-state index contributed by atoms with van der Waals surface area (Å²) in [6.07, 6.45) is 6.17. The summed E-state index contributed by atoms with van der Waals surface area (Å²) < 4.78 is 5.64. The minimum absolute atomic E-state index is 0.0942. The van der Waals surface area contributed by atoms with Crippen molar-refractivity contribution in [1.29, 1.82) is 0 Å². The molecular formula is C16H22O3. The van der Waals surface area contributed by atoms with E-state index in [-0.39, 0.29) is 24.9 Å². The molecule has 0 heterocycles. The van der Waals surface area contributed by atoms with E-state index in [1.54, 1.807) is 0 Å². The number of ether oxygens (including phenoxy) is 1. The topological polar surface area (TPSA) is 46.5 Å². The summed E-state index contributed by atoms with van der Waals surface area (Å²) in [4.78, 5) is 12.1. The molecule has 0 radical (unpaired) electrons. The van der Waals surface area contributed by atoms with Gasteiger partial charge in [0.1, 0.15) is 12.4 Å². The SMILES string of the molecule is O=C(COc1ccccc1CCO)C1CCCCC1. The van der Waals surface area contributed by atoms with E-state index in [0.717, 1.165) is 37.0 Å². The van der Waals surface area contributed by atoms with E-state index in [4.69, 9.17) is 9.84 Å². The zero-order valence-electron chi connectivity index (χ0n) is 11.3. The fourth-order valence-corrected chi connectivity index (χ4v) is 2.66. The maximum Gasteiger partial charge on any atom is 0.173 e. The number of rotatable bonds is 6. The highest BCUT2D eigenvalue weighted by atomic mass is 16.5. The van der Waals surface area contributed by atoms with Gasteiger partial charge in [0.15, 0.2) is 5.78 Å². The van der Waals surface area contributed by atoms with Gasteiger partial charge >= 0.3 is 0 Å². The normalized spacial score (nSPS) is 16.3. The lowest BCUT2D eigenvalue weighted by Gasteiger charge is -2.20. The molecular weight excluding hydrogens is 240 g/mol. The van der Waals surface area contributed by atoms with Gasteiger partial charge in [0, 0.05) is 12.5 Å². The number of hydrogen-bond donors (Lipinski definition) is 1. The Hall–Kier alpha value is -1.35. The molecule has 1 fully saturated rings. The van der Waals surface area contributed by atoms with Crippen LogP contribution in [-0.4, -0.2) is 24.1 Å². The zero-order chi connectivity index (χ0) is 13.5. The standard InChI is InChI=1S/C16H22O3/c17-11-10-14-8-4-5-9-16(14)19-12-15(18)13-6-2-1-3-7-13/h4-5,8-9,13,17H,1-3,6-7,10-12H2. The van der Waals surface area contributed by atoms with E-state index in [9.17, 15) is 4.79 Å². The van der Waals surface area contributed by atoms with E-state index >= 15 is 0 Å². The molecule has 0 bridgehead atoms. The predicted octanol–water partition coefficient (Wildman–Crippen LogP) is 2.75. The van der Waals surface area contributed by atoms with Gasteiger partial charge in [0.05, 0.1) is 0 Å². The second kappa shape index (κ2) is 7.29. The molecule has 1 aliphatic carbocycles.